The van der Waals surface area contributed by atoms with Gasteiger partial charge in [-0.3, -0.25) is 9.59 Å². The Kier molecular flexibility index (Phi) is 5.25. The summed E-state index contributed by atoms with van der Waals surface area (Å²) in [4.78, 5) is 28.3. The monoisotopic (exact) mass is 394 g/mol. The van der Waals surface area contributed by atoms with Gasteiger partial charge in [-0.1, -0.05) is 19.1 Å². The van der Waals surface area contributed by atoms with Crippen molar-refractivity contribution >= 4 is 28.6 Å². The van der Waals surface area contributed by atoms with Crippen LogP contribution < -0.4 is 15.8 Å². The van der Waals surface area contributed by atoms with Gasteiger partial charge >= 0.3 is 0 Å². The van der Waals surface area contributed by atoms with Crippen LogP contribution in [0.1, 0.15) is 34.3 Å². The van der Waals surface area contributed by atoms with E-state index in [0.29, 0.717) is 6.54 Å². The van der Waals surface area contributed by atoms with E-state index in [1.807, 2.05) is 42.5 Å². The van der Waals surface area contributed by atoms with Gasteiger partial charge in [0, 0.05) is 30.6 Å². The van der Waals surface area contributed by atoms with Crippen molar-refractivity contribution < 1.29 is 4.79 Å². The fourth-order valence-electron chi connectivity index (χ4n) is 3.44. The zero-order valence-corrected chi connectivity index (χ0v) is 16.5. The molecule has 0 aliphatic carbocycles. The molecule has 0 radical (unpaired) electrons. The Morgan fingerprint density at radius 1 is 1.21 bits per heavy atom. The molecule has 0 saturated heterocycles. The molecule has 3 heterocycles. The molecule has 1 amide bonds. The number of hydrogen-bond acceptors (Lipinski definition) is 5. The summed E-state index contributed by atoms with van der Waals surface area (Å²) >= 11 is 1.81. The van der Waals surface area contributed by atoms with E-state index < -0.39 is 0 Å². The third-order valence-electron chi connectivity index (χ3n) is 4.84. The van der Waals surface area contributed by atoms with E-state index in [1.165, 1.54) is 27.3 Å². The van der Waals surface area contributed by atoms with Crippen LogP contribution in [-0.4, -0.2) is 22.2 Å². The molecule has 0 saturated carbocycles. The smallest absolute Gasteiger partial charge is 0.276 e. The van der Waals surface area contributed by atoms with Gasteiger partial charge in [-0.15, -0.1) is 11.3 Å². The van der Waals surface area contributed by atoms with Crippen molar-refractivity contribution in [3.8, 4) is 0 Å². The van der Waals surface area contributed by atoms with Crippen molar-refractivity contribution in [1.29, 1.82) is 0 Å². The summed E-state index contributed by atoms with van der Waals surface area (Å²) in [5.41, 5.74) is 3.14. The molecule has 0 bridgehead atoms. The predicted molar refractivity (Wildman–Crippen MR) is 112 cm³/mol. The van der Waals surface area contributed by atoms with Gasteiger partial charge in [-0.05, 0) is 48.1 Å². The lowest BCUT2D eigenvalue weighted by molar-refractivity contribution is 0.102. The predicted octanol–water partition coefficient (Wildman–Crippen LogP) is 3.53. The van der Waals surface area contributed by atoms with Crippen LogP contribution in [0.2, 0.25) is 0 Å². The first kappa shape index (κ1) is 18.4. The molecule has 0 unspecified atom stereocenters. The molecule has 1 aliphatic heterocycles. The van der Waals surface area contributed by atoms with Gasteiger partial charge in [-0.25, -0.2) is 4.68 Å². The van der Waals surface area contributed by atoms with Crippen molar-refractivity contribution in [2.45, 2.75) is 32.9 Å². The Morgan fingerprint density at radius 3 is 2.93 bits per heavy atom. The summed E-state index contributed by atoms with van der Waals surface area (Å²) in [5, 5.41) is 9.32. The minimum Gasteiger partial charge on any atom is -0.365 e. The fraction of sp³-hybridized carbons (Fsp3) is 0.286. The fourth-order valence-corrected chi connectivity index (χ4v) is 4.33. The SMILES string of the molecule is CCCn1nc(C(=O)Nc2ccccc2N2CCc3sccc3C2)ccc1=O. The molecular formula is C21H22N4O2S. The summed E-state index contributed by atoms with van der Waals surface area (Å²) in [5.74, 6) is -0.314. The van der Waals surface area contributed by atoms with Gasteiger partial charge in [0.15, 0.2) is 0 Å². The molecule has 4 rings (SSSR count). The molecule has 6 nitrogen and oxygen atoms in total. The highest BCUT2D eigenvalue weighted by Gasteiger charge is 2.20. The number of aromatic nitrogens is 2. The second kappa shape index (κ2) is 7.98. The standard InChI is InChI=1S/C21H22N4O2S/c1-2-11-25-20(26)8-7-17(23-25)21(27)22-16-5-3-4-6-18(16)24-12-9-19-15(14-24)10-13-28-19/h3-8,10,13H,2,9,11-12,14H2,1H3,(H,22,27). The molecule has 1 aromatic carbocycles. The van der Waals surface area contributed by atoms with Crippen LogP contribution in [0.3, 0.4) is 0 Å². The summed E-state index contributed by atoms with van der Waals surface area (Å²) in [7, 11) is 0. The van der Waals surface area contributed by atoms with Crippen molar-refractivity contribution in [3.63, 3.8) is 0 Å². The molecule has 28 heavy (non-hydrogen) atoms. The maximum atomic E-state index is 12.8. The van der Waals surface area contributed by atoms with Crippen LogP contribution in [0.4, 0.5) is 11.4 Å². The van der Waals surface area contributed by atoms with E-state index in [1.54, 1.807) is 0 Å². The highest BCUT2D eigenvalue weighted by Crippen LogP contribution is 2.32. The first-order valence-electron chi connectivity index (χ1n) is 9.44. The number of rotatable bonds is 5. The Labute approximate surface area is 167 Å². The average Bonchev–Trinajstić information content (AvgIpc) is 3.18. The van der Waals surface area contributed by atoms with Crippen molar-refractivity contribution in [3.05, 3.63) is 74.3 Å². The Morgan fingerprint density at radius 2 is 2.07 bits per heavy atom. The Bertz CT molecular complexity index is 1060. The first-order valence-corrected chi connectivity index (χ1v) is 10.3. The number of fused-ring (bicyclic) bond motifs is 1. The maximum Gasteiger partial charge on any atom is 0.276 e. The number of nitrogens with zero attached hydrogens (tertiary/aromatic N) is 3. The maximum absolute atomic E-state index is 12.8. The summed E-state index contributed by atoms with van der Waals surface area (Å²) in [6, 6.07) is 12.9. The van der Waals surface area contributed by atoms with Crippen LogP contribution in [0.5, 0.6) is 0 Å². The van der Waals surface area contributed by atoms with E-state index in [0.717, 1.165) is 37.3 Å². The van der Waals surface area contributed by atoms with Crippen LogP contribution >= 0.6 is 11.3 Å². The van der Waals surface area contributed by atoms with Crippen LogP contribution in [0.25, 0.3) is 0 Å². The zero-order valence-electron chi connectivity index (χ0n) is 15.7. The average molecular weight is 395 g/mol. The lowest BCUT2D eigenvalue weighted by Gasteiger charge is -2.30. The third kappa shape index (κ3) is 3.71. The van der Waals surface area contributed by atoms with Gasteiger partial charge in [-0.2, -0.15) is 5.10 Å². The van der Waals surface area contributed by atoms with Crippen molar-refractivity contribution in [2.24, 2.45) is 0 Å². The number of anilines is 2. The van der Waals surface area contributed by atoms with E-state index in [9.17, 15) is 9.59 Å². The molecule has 1 aliphatic rings. The molecule has 0 spiro atoms. The van der Waals surface area contributed by atoms with E-state index in [4.69, 9.17) is 0 Å². The van der Waals surface area contributed by atoms with Crippen molar-refractivity contribution in [1.82, 2.24) is 9.78 Å². The topological polar surface area (TPSA) is 67.2 Å². The number of thiophene rings is 1. The van der Waals surface area contributed by atoms with Gasteiger partial charge in [0.05, 0.1) is 11.4 Å². The molecule has 144 valence electrons. The van der Waals surface area contributed by atoms with Gasteiger partial charge in [0.1, 0.15) is 5.69 Å². The lowest BCUT2D eigenvalue weighted by Crippen LogP contribution is -2.30. The molecular weight excluding hydrogens is 372 g/mol. The molecule has 0 atom stereocenters. The Balaban J connectivity index is 1.57. The minimum atomic E-state index is -0.314. The lowest BCUT2D eigenvalue weighted by atomic mass is 10.1. The van der Waals surface area contributed by atoms with Crippen molar-refractivity contribution in [2.75, 3.05) is 16.8 Å². The van der Waals surface area contributed by atoms with E-state index >= 15 is 0 Å². The number of benzene rings is 1. The zero-order chi connectivity index (χ0) is 19.5. The molecule has 7 heteroatoms. The van der Waals surface area contributed by atoms with Gasteiger partial charge in [0.25, 0.3) is 11.5 Å². The summed E-state index contributed by atoms with van der Waals surface area (Å²) < 4.78 is 1.34. The third-order valence-corrected chi connectivity index (χ3v) is 5.86. The van der Waals surface area contributed by atoms with Gasteiger partial charge in [0.2, 0.25) is 0 Å². The van der Waals surface area contributed by atoms with Crippen LogP contribution in [0, 0.1) is 0 Å². The Hall–Kier alpha value is -2.93. The second-order valence-corrected chi connectivity index (χ2v) is 7.79. The van der Waals surface area contributed by atoms with Crippen LogP contribution in [0.15, 0.2) is 52.6 Å². The van der Waals surface area contributed by atoms with Gasteiger partial charge < -0.3 is 10.2 Å². The largest absolute Gasteiger partial charge is 0.365 e. The first-order chi connectivity index (χ1) is 13.7. The normalized spacial score (nSPS) is 13.2. The van der Waals surface area contributed by atoms with Crippen LogP contribution in [-0.2, 0) is 19.5 Å². The number of carbonyl (C=O) groups excluding carboxylic acids is 1. The number of aryl methyl sites for hydroxylation is 1. The number of nitrogens with one attached hydrogen (secondary N) is 1. The number of carbonyl (C=O) groups is 1. The number of amides is 1. The quantitative estimate of drug-likeness (QED) is 0.719. The van der Waals surface area contributed by atoms with E-state index in [-0.39, 0.29) is 17.2 Å². The molecule has 3 aromatic rings. The van der Waals surface area contributed by atoms with E-state index in [2.05, 4.69) is 26.8 Å². The second-order valence-electron chi connectivity index (χ2n) is 6.79. The minimum absolute atomic E-state index is 0.196. The molecule has 1 N–H and O–H groups in total. The molecule has 0 fully saturated rings. The number of hydrogen-bond donors (Lipinski definition) is 1. The summed E-state index contributed by atoms with van der Waals surface area (Å²) in [6.07, 6.45) is 1.79. The highest BCUT2D eigenvalue weighted by molar-refractivity contribution is 7.10. The highest BCUT2D eigenvalue weighted by atomic mass is 32.1. The number of para-hydroxylation sites is 2. The molecule has 2 aromatic heterocycles. The summed E-state index contributed by atoms with van der Waals surface area (Å²) in [6.45, 7) is 4.22.